The fourth-order valence-corrected chi connectivity index (χ4v) is 4.85. The van der Waals surface area contributed by atoms with Crippen molar-refractivity contribution in [2.24, 2.45) is 5.92 Å². The topological polar surface area (TPSA) is 66.5 Å². The zero-order valence-electron chi connectivity index (χ0n) is 14.8. The molecule has 0 unspecified atom stereocenters. The number of carbonyl (C=O) groups is 1. The molecule has 0 spiro atoms. The van der Waals surface area contributed by atoms with E-state index in [-0.39, 0.29) is 23.0 Å². The number of carbonyl (C=O) groups excluding carboxylic acids is 1. The van der Waals surface area contributed by atoms with E-state index in [1.165, 1.54) is 34.6 Å². The molecule has 1 aliphatic heterocycles. The van der Waals surface area contributed by atoms with Gasteiger partial charge in [-0.1, -0.05) is 29.8 Å². The highest BCUT2D eigenvalue weighted by Gasteiger charge is 2.33. The number of hydrogen-bond acceptors (Lipinski definition) is 3. The summed E-state index contributed by atoms with van der Waals surface area (Å²) in [5, 5.41) is 2.93. The van der Waals surface area contributed by atoms with Crippen molar-refractivity contribution >= 4 is 33.2 Å². The van der Waals surface area contributed by atoms with Gasteiger partial charge < -0.3 is 5.32 Å². The highest BCUT2D eigenvalue weighted by Crippen LogP contribution is 2.27. The summed E-state index contributed by atoms with van der Waals surface area (Å²) in [5.74, 6) is -1.46. The number of anilines is 1. The predicted octanol–water partition coefficient (Wildman–Crippen LogP) is 3.83. The van der Waals surface area contributed by atoms with Gasteiger partial charge in [-0.05, 0) is 49.6 Å². The molecule has 144 valence electrons. The van der Waals surface area contributed by atoms with Crippen LogP contribution < -0.4 is 5.32 Å². The smallest absolute Gasteiger partial charge is 0.243 e. The summed E-state index contributed by atoms with van der Waals surface area (Å²) in [6.07, 6.45) is 1.09. The molecule has 1 aliphatic rings. The molecule has 3 rings (SSSR count). The van der Waals surface area contributed by atoms with Crippen molar-refractivity contribution in [3.8, 4) is 0 Å². The number of rotatable bonds is 4. The minimum absolute atomic E-state index is 0.0497. The first-order valence-corrected chi connectivity index (χ1v) is 10.4. The number of nitrogens with zero attached hydrogens (tertiary/aromatic N) is 1. The summed E-state index contributed by atoms with van der Waals surface area (Å²) in [5.41, 5.74) is 0.879. The van der Waals surface area contributed by atoms with Crippen molar-refractivity contribution in [3.63, 3.8) is 0 Å². The summed E-state index contributed by atoms with van der Waals surface area (Å²) < 4.78 is 40.8. The molecule has 1 saturated heterocycles. The summed E-state index contributed by atoms with van der Waals surface area (Å²) >= 11 is 6.06. The van der Waals surface area contributed by atoms with Crippen molar-refractivity contribution in [1.82, 2.24) is 4.31 Å². The number of amides is 1. The molecule has 0 bridgehead atoms. The zero-order valence-corrected chi connectivity index (χ0v) is 16.4. The number of benzene rings is 2. The van der Waals surface area contributed by atoms with E-state index in [0.29, 0.717) is 24.4 Å². The third kappa shape index (κ3) is 4.31. The average molecular weight is 411 g/mol. The molecule has 8 heteroatoms. The first kappa shape index (κ1) is 19.8. The number of sulfonamides is 1. The van der Waals surface area contributed by atoms with Crippen LogP contribution in [0, 0.1) is 18.7 Å². The van der Waals surface area contributed by atoms with Crippen LogP contribution in [0.5, 0.6) is 0 Å². The molecule has 1 atom stereocenters. The lowest BCUT2D eigenvalue weighted by atomic mass is 9.98. The number of hydrogen-bond donors (Lipinski definition) is 1. The Morgan fingerprint density at radius 3 is 2.70 bits per heavy atom. The van der Waals surface area contributed by atoms with Crippen LogP contribution in [-0.2, 0) is 14.8 Å². The maximum absolute atomic E-state index is 13.7. The molecule has 0 aliphatic carbocycles. The van der Waals surface area contributed by atoms with E-state index in [0.717, 1.165) is 5.56 Å². The van der Waals surface area contributed by atoms with Crippen molar-refractivity contribution in [1.29, 1.82) is 0 Å². The average Bonchev–Trinajstić information content (AvgIpc) is 2.65. The summed E-state index contributed by atoms with van der Waals surface area (Å²) in [7, 11) is -3.75. The number of piperidine rings is 1. The number of para-hydroxylation sites is 1. The monoisotopic (exact) mass is 410 g/mol. The third-order valence-electron chi connectivity index (χ3n) is 4.67. The van der Waals surface area contributed by atoms with Crippen LogP contribution >= 0.6 is 11.6 Å². The lowest BCUT2D eigenvalue weighted by Crippen LogP contribution is -2.43. The number of aryl methyl sites for hydroxylation is 1. The van der Waals surface area contributed by atoms with Crippen molar-refractivity contribution in [3.05, 3.63) is 58.9 Å². The second kappa shape index (κ2) is 7.96. The largest absolute Gasteiger partial charge is 0.323 e. The van der Waals surface area contributed by atoms with E-state index in [4.69, 9.17) is 11.6 Å². The van der Waals surface area contributed by atoms with Crippen molar-refractivity contribution in [2.45, 2.75) is 24.7 Å². The summed E-state index contributed by atoms with van der Waals surface area (Å²) in [6, 6.07) is 10.5. The minimum atomic E-state index is -3.75. The maximum atomic E-state index is 13.7. The van der Waals surface area contributed by atoms with E-state index in [1.54, 1.807) is 19.1 Å². The maximum Gasteiger partial charge on any atom is 0.243 e. The quantitative estimate of drug-likeness (QED) is 0.833. The van der Waals surface area contributed by atoms with Gasteiger partial charge in [-0.3, -0.25) is 4.79 Å². The molecule has 0 saturated carbocycles. The van der Waals surface area contributed by atoms with E-state index < -0.39 is 21.8 Å². The standard InChI is InChI=1S/C19H20ClFN2O3S/c1-13-8-9-15(11-16(13)20)27(25,26)23-10-4-5-14(12-23)19(24)22-18-7-3-2-6-17(18)21/h2-3,6-9,11,14H,4-5,10,12H2,1H3,(H,22,24)/t14-/m0/s1. The van der Waals surface area contributed by atoms with Gasteiger partial charge in [-0.15, -0.1) is 0 Å². The van der Waals surface area contributed by atoms with Gasteiger partial charge in [0.15, 0.2) is 0 Å². The molecule has 27 heavy (non-hydrogen) atoms. The molecule has 0 aromatic heterocycles. The van der Waals surface area contributed by atoms with Gasteiger partial charge in [0, 0.05) is 18.1 Å². The first-order valence-electron chi connectivity index (χ1n) is 8.61. The second-order valence-electron chi connectivity index (χ2n) is 6.58. The highest BCUT2D eigenvalue weighted by atomic mass is 35.5. The highest BCUT2D eigenvalue weighted by molar-refractivity contribution is 7.89. The van der Waals surface area contributed by atoms with E-state index >= 15 is 0 Å². The zero-order chi connectivity index (χ0) is 19.6. The van der Waals surface area contributed by atoms with Gasteiger partial charge >= 0.3 is 0 Å². The third-order valence-corrected chi connectivity index (χ3v) is 6.94. The van der Waals surface area contributed by atoms with Crippen LogP contribution in [0.1, 0.15) is 18.4 Å². The van der Waals surface area contributed by atoms with E-state index in [9.17, 15) is 17.6 Å². The molecule has 2 aromatic carbocycles. The minimum Gasteiger partial charge on any atom is -0.323 e. The molecular formula is C19H20ClFN2O3S. The Labute approximate surface area is 163 Å². The van der Waals surface area contributed by atoms with Gasteiger partial charge in [-0.25, -0.2) is 12.8 Å². The Morgan fingerprint density at radius 1 is 1.26 bits per heavy atom. The molecule has 1 heterocycles. The SMILES string of the molecule is Cc1ccc(S(=O)(=O)N2CCC[C@H](C(=O)Nc3ccccc3F)C2)cc1Cl. The molecule has 1 fully saturated rings. The van der Waals surface area contributed by atoms with Crippen molar-refractivity contribution < 1.29 is 17.6 Å². The van der Waals surface area contributed by atoms with Gasteiger partial charge in [0.05, 0.1) is 16.5 Å². The second-order valence-corrected chi connectivity index (χ2v) is 8.93. The molecule has 1 N–H and O–H groups in total. The first-order chi connectivity index (χ1) is 12.8. The summed E-state index contributed by atoms with van der Waals surface area (Å²) in [6.45, 7) is 2.17. The van der Waals surface area contributed by atoms with Gasteiger partial charge in [0.25, 0.3) is 0 Å². The van der Waals surface area contributed by atoms with E-state index in [2.05, 4.69) is 5.32 Å². The number of halogens is 2. The van der Waals surface area contributed by atoms with Crippen molar-refractivity contribution in [2.75, 3.05) is 18.4 Å². The van der Waals surface area contributed by atoms with Crippen LogP contribution in [-0.4, -0.2) is 31.7 Å². The molecular weight excluding hydrogens is 391 g/mol. The molecule has 1 amide bonds. The molecule has 2 aromatic rings. The Hall–Kier alpha value is -1.96. The molecule has 0 radical (unpaired) electrons. The normalized spacial score (nSPS) is 18.3. The Bertz CT molecular complexity index is 965. The summed E-state index contributed by atoms with van der Waals surface area (Å²) in [4.78, 5) is 12.6. The van der Waals surface area contributed by atoms with Gasteiger partial charge in [-0.2, -0.15) is 4.31 Å². The lowest BCUT2D eigenvalue weighted by Gasteiger charge is -2.31. The molecule has 5 nitrogen and oxygen atoms in total. The lowest BCUT2D eigenvalue weighted by molar-refractivity contribution is -0.120. The Kier molecular flexibility index (Phi) is 5.83. The van der Waals surface area contributed by atoms with Crippen LogP contribution in [0.15, 0.2) is 47.4 Å². The van der Waals surface area contributed by atoms with Crippen LogP contribution in [0.4, 0.5) is 10.1 Å². The Balaban J connectivity index is 1.76. The van der Waals surface area contributed by atoms with Crippen LogP contribution in [0.3, 0.4) is 0 Å². The van der Waals surface area contributed by atoms with Gasteiger partial charge in [0.1, 0.15) is 5.82 Å². The van der Waals surface area contributed by atoms with Crippen LogP contribution in [0.2, 0.25) is 5.02 Å². The van der Waals surface area contributed by atoms with E-state index in [1.807, 2.05) is 0 Å². The number of nitrogens with one attached hydrogen (secondary N) is 1. The fourth-order valence-electron chi connectivity index (χ4n) is 3.06. The fraction of sp³-hybridized carbons (Fsp3) is 0.316. The van der Waals surface area contributed by atoms with Gasteiger partial charge in [0.2, 0.25) is 15.9 Å². The Morgan fingerprint density at radius 2 is 2.00 bits per heavy atom. The van der Waals surface area contributed by atoms with Crippen LogP contribution in [0.25, 0.3) is 0 Å². The predicted molar refractivity (Wildman–Crippen MR) is 103 cm³/mol.